The lowest BCUT2D eigenvalue weighted by Gasteiger charge is -2.22. The van der Waals surface area contributed by atoms with Gasteiger partial charge in [-0.3, -0.25) is 4.79 Å². The number of carbonyl (C=O) groups is 1. The zero-order valence-electron chi connectivity index (χ0n) is 10.5. The van der Waals surface area contributed by atoms with Crippen molar-refractivity contribution < 1.29 is 9.53 Å². The van der Waals surface area contributed by atoms with Crippen molar-refractivity contribution in [1.82, 2.24) is 0 Å². The van der Waals surface area contributed by atoms with E-state index >= 15 is 0 Å². The molecule has 0 amide bonds. The van der Waals surface area contributed by atoms with Gasteiger partial charge in [-0.05, 0) is 30.4 Å². The Morgan fingerprint density at radius 2 is 1.72 bits per heavy atom. The number of cyclic esters (lactones) is 1. The minimum Gasteiger partial charge on any atom is -0.426 e. The summed E-state index contributed by atoms with van der Waals surface area (Å²) in [7, 11) is 0. The molecule has 2 aliphatic rings. The van der Waals surface area contributed by atoms with E-state index in [4.69, 9.17) is 4.74 Å². The van der Waals surface area contributed by atoms with E-state index in [1.165, 1.54) is 37.7 Å². The van der Waals surface area contributed by atoms with Gasteiger partial charge in [-0.2, -0.15) is 0 Å². The molecule has 0 N–H and O–H groups in total. The van der Waals surface area contributed by atoms with Crippen molar-refractivity contribution in [3.05, 3.63) is 41.5 Å². The van der Waals surface area contributed by atoms with E-state index in [1.807, 2.05) is 6.08 Å². The molecule has 1 heterocycles. The number of benzene rings is 1. The molecule has 1 fully saturated rings. The molecule has 2 nitrogen and oxygen atoms in total. The second-order valence-electron chi connectivity index (χ2n) is 5.20. The molecule has 1 saturated carbocycles. The molecule has 94 valence electrons. The number of hydrogen-bond donors (Lipinski definition) is 0. The van der Waals surface area contributed by atoms with Gasteiger partial charge in [-0.1, -0.05) is 43.5 Å². The van der Waals surface area contributed by atoms with Gasteiger partial charge in [-0.15, -0.1) is 0 Å². The molecule has 2 heteroatoms. The second kappa shape index (κ2) is 4.97. The van der Waals surface area contributed by atoms with E-state index in [0.717, 1.165) is 17.2 Å². The number of ether oxygens (including phenoxy) is 1. The number of rotatable bonds is 2. The third-order valence-electron chi connectivity index (χ3n) is 3.95. The van der Waals surface area contributed by atoms with Crippen molar-refractivity contribution >= 4 is 11.7 Å². The fraction of sp³-hybridized carbons (Fsp3) is 0.438. The lowest BCUT2D eigenvalue weighted by atomic mass is 9.84. The van der Waals surface area contributed by atoms with Crippen molar-refractivity contribution in [2.45, 2.75) is 44.4 Å². The van der Waals surface area contributed by atoms with Gasteiger partial charge in [0.2, 0.25) is 0 Å². The molecule has 0 atom stereocenters. The van der Waals surface area contributed by atoms with Crippen molar-refractivity contribution in [1.29, 1.82) is 0 Å². The summed E-state index contributed by atoms with van der Waals surface area (Å²) in [6.07, 6.45) is 8.99. The van der Waals surface area contributed by atoms with E-state index in [0.29, 0.717) is 6.42 Å². The van der Waals surface area contributed by atoms with Crippen LogP contribution in [-0.4, -0.2) is 5.97 Å². The van der Waals surface area contributed by atoms with Gasteiger partial charge >= 0.3 is 5.97 Å². The Balaban J connectivity index is 1.74. The van der Waals surface area contributed by atoms with Crippen LogP contribution in [0.5, 0.6) is 0 Å². The van der Waals surface area contributed by atoms with E-state index in [2.05, 4.69) is 24.3 Å². The minimum absolute atomic E-state index is 0.152. The SMILES string of the molecule is O=C1CC=C(c2ccc(C3CCCCC3)cc2)O1. The van der Waals surface area contributed by atoms with Crippen LogP contribution in [-0.2, 0) is 9.53 Å². The predicted octanol–water partition coefficient (Wildman–Crippen LogP) is 4.02. The summed E-state index contributed by atoms with van der Waals surface area (Å²) in [6, 6.07) is 8.54. The van der Waals surface area contributed by atoms with Crippen molar-refractivity contribution in [3.63, 3.8) is 0 Å². The Bertz CT molecular complexity index is 464. The zero-order chi connectivity index (χ0) is 12.4. The molecule has 1 aromatic rings. The highest BCUT2D eigenvalue weighted by Gasteiger charge is 2.18. The van der Waals surface area contributed by atoms with Crippen LogP contribution in [0.4, 0.5) is 0 Å². The molecule has 0 unspecified atom stereocenters. The Morgan fingerprint density at radius 1 is 1.00 bits per heavy atom. The summed E-state index contributed by atoms with van der Waals surface area (Å²) >= 11 is 0. The highest BCUT2D eigenvalue weighted by atomic mass is 16.5. The molecule has 0 spiro atoms. The summed E-state index contributed by atoms with van der Waals surface area (Å²) in [5.41, 5.74) is 2.45. The molecule has 3 rings (SSSR count). The Kier molecular flexibility index (Phi) is 3.18. The first-order chi connectivity index (χ1) is 8.83. The predicted molar refractivity (Wildman–Crippen MR) is 71.0 cm³/mol. The van der Waals surface area contributed by atoms with Gasteiger partial charge in [0.05, 0.1) is 6.42 Å². The van der Waals surface area contributed by atoms with Gasteiger partial charge in [0.15, 0.2) is 0 Å². The van der Waals surface area contributed by atoms with Crippen LogP contribution in [0.3, 0.4) is 0 Å². The summed E-state index contributed by atoms with van der Waals surface area (Å²) in [4.78, 5) is 11.1. The van der Waals surface area contributed by atoms with Crippen LogP contribution in [0.15, 0.2) is 30.3 Å². The molecule has 0 saturated heterocycles. The average molecular weight is 242 g/mol. The quantitative estimate of drug-likeness (QED) is 0.732. The minimum atomic E-state index is -0.152. The van der Waals surface area contributed by atoms with Crippen LogP contribution in [0.1, 0.15) is 55.6 Å². The van der Waals surface area contributed by atoms with Crippen LogP contribution in [0.2, 0.25) is 0 Å². The number of esters is 1. The van der Waals surface area contributed by atoms with Crippen molar-refractivity contribution in [2.24, 2.45) is 0 Å². The zero-order valence-corrected chi connectivity index (χ0v) is 10.5. The van der Waals surface area contributed by atoms with E-state index in [-0.39, 0.29) is 5.97 Å². The third kappa shape index (κ3) is 2.33. The topological polar surface area (TPSA) is 26.3 Å². The summed E-state index contributed by atoms with van der Waals surface area (Å²) < 4.78 is 5.15. The lowest BCUT2D eigenvalue weighted by molar-refractivity contribution is -0.134. The molecular weight excluding hydrogens is 224 g/mol. The lowest BCUT2D eigenvalue weighted by Crippen LogP contribution is -2.04. The Hall–Kier alpha value is -1.57. The van der Waals surface area contributed by atoms with E-state index in [9.17, 15) is 4.79 Å². The van der Waals surface area contributed by atoms with Crippen LogP contribution in [0.25, 0.3) is 5.76 Å². The maximum absolute atomic E-state index is 11.1. The standard InChI is InChI=1S/C16H18O2/c17-16-11-10-15(18-16)14-8-6-13(7-9-14)12-4-2-1-3-5-12/h6-10,12H,1-5,11H2. The first kappa shape index (κ1) is 11.5. The fourth-order valence-corrected chi connectivity index (χ4v) is 2.91. The number of carbonyl (C=O) groups excluding carboxylic acids is 1. The normalized spacial score (nSPS) is 20.7. The largest absolute Gasteiger partial charge is 0.426 e. The molecule has 1 aliphatic carbocycles. The first-order valence-corrected chi connectivity index (χ1v) is 6.84. The molecule has 1 aliphatic heterocycles. The molecule has 18 heavy (non-hydrogen) atoms. The monoisotopic (exact) mass is 242 g/mol. The Labute approximate surface area is 108 Å². The first-order valence-electron chi connectivity index (χ1n) is 6.84. The highest BCUT2D eigenvalue weighted by Crippen LogP contribution is 2.33. The van der Waals surface area contributed by atoms with Crippen molar-refractivity contribution in [2.75, 3.05) is 0 Å². The third-order valence-corrected chi connectivity index (χ3v) is 3.95. The van der Waals surface area contributed by atoms with Crippen LogP contribution in [0, 0.1) is 0 Å². The fourth-order valence-electron chi connectivity index (χ4n) is 2.91. The molecule has 1 aromatic carbocycles. The highest BCUT2D eigenvalue weighted by molar-refractivity contribution is 5.85. The summed E-state index contributed by atoms with van der Waals surface area (Å²) in [6.45, 7) is 0. The maximum Gasteiger partial charge on any atom is 0.315 e. The summed E-state index contributed by atoms with van der Waals surface area (Å²) in [5.74, 6) is 1.30. The van der Waals surface area contributed by atoms with Gasteiger partial charge in [0, 0.05) is 5.56 Å². The maximum atomic E-state index is 11.1. The van der Waals surface area contributed by atoms with Gasteiger partial charge in [-0.25, -0.2) is 0 Å². The van der Waals surface area contributed by atoms with E-state index < -0.39 is 0 Å². The van der Waals surface area contributed by atoms with Crippen LogP contribution < -0.4 is 0 Å². The summed E-state index contributed by atoms with van der Waals surface area (Å²) in [5, 5.41) is 0. The molecule has 0 bridgehead atoms. The average Bonchev–Trinajstić information content (AvgIpc) is 2.87. The van der Waals surface area contributed by atoms with E-state index in [1.54, 1.807) is 0 Å². The second-order valence-corrected chi connectivity index (χ2v) is 5.20. The smallest absolute Gasteiger partial charge is 0.315 e. The van der Waals surface area contributed by atoms with Crippen LogP contribution >= 0.6 is 0 Å². The molecule has 0 aromatic heterocycles. The molecular formula is C16H18O2. The van der Waals surface area contributed by atoms with Crippen molar-refractivity contribution in [3.8, 4) is 0 Å². The molecule has 0 radical (unpaired) electrons. The Morgan fingerprint density at radius 3 is 2.33 bits per heavy atom. The van der Waals surface area contributed by atoms with Gasteiger partial charge < -0.3 is 4.74 Å². The number of hydrogen-bond acceptors (Lipinski definition) is 2. The van der Waals surface area contributed by atoms with Gasteiger partial charge in [0.1, 0.15) is 5.76 Å². The van der Waals surface area contributed by atoms with Gasteiger partial charge in [0.25, 0.3) is 0 Å².